The van der Waals surface area contributed by atoms with Crippen molar-refractivity contribution in [2.45, 2.75) is 16.0 Å². The van der Waals surface area contributed by atoms with Gasteiger partial charge in [-0.15, -0.1) is 0 Å². The lowest BCUT2D eigenvalue weighted by atomic mass is 10.3. The summed E-state index contributed by atoms with van der Waals surface area (Å²) < 4.78 is 48.9. The van der Waals surface area contributed by atoms with Crippen LogP contribution in [-0.4, -0.2) is 21.8 Å². The highest BCUT2D eigenvalue weighted by Crippen LogP contribution is 2.27. The Hall–Kier alpha value is -1.69. The monoisotopic (exact) mass is 348 g/mol. The van der Waals surface area contributed by atoms with E-state index < -0.39 is 20.0 Å². The molecule has 114 valence electrons. The molecule has 1 heterocycles. The standard InChI is InChI=1S/C10H12N4O4S3/c1-6-9(19-10(11)13-6)21(17,18)14-7-2-4-8(5-3-7)20(12,15)16/h2-5,14H,1H3,(H2,11,13)(H2,12,15,16). The average Bonchev–Trinajstić information content (AvgIpc) is 2.68. The molecule has 0 aliphatic heterocycles. The number of nitrogens with one attached hydrogen (secondary N) is 1. The fourth-order valence-electron chi connectivity index (χ4n) is 1.57. The number of primary sulfonamides is 1. The fourth-order valence-corrected chi connectivity index (χ4v) is 4.44. The zero-order valence-electron chi connectivity index (χ0n) is 10.8. The zero-order valence-corrected chi connectivity index (χ0v) is 13.2. The molecule has 0 atom stereocenters. The van der Waals surface area contributed by atoms with Gasteiger partial charge >= 0.3 is 0 Å². The third-order valence-corrected chi connectivity index (χ3v) is 6.36. The quantitative estimate of drug-likeness (QED) is 0.732. The van der Waals surface area contributed by atoms with E-state index in [2.05, 4.69) is 9.71 Å². The van der Waals surface area contributed by atoms with Crippen molar-refractivity contribution in [2.75, 3.05) is 10.5 Å². The number of hydrogen-bond donors (Lipinski definition) is 3. The molecule has 0 bridgehead atoms. The van der Waals surface area contributed by atoms with E-state index in [0.29, 0.717) is 5.69 Å². The topological polar surface area (TPSA) is 145 Å². The first-order chi connectivity index (χ1) is 9.59. The SMILES string of the molecule is Cc1nc(N)sc1S(=O)(=O)Nc1ccc(S(N)(=O)=O)cc1. The lowest BCUT2D eigenvalue weighted by Gasteiger charge is -2.07. The predicted octanol–water partition coefficient (Wildman–Crippen LogP) is 0.482. The first-order valence-corrected chi connectivity index (χ1v) is 9.33. The maximum atomic E-state index is 12.2. The molecule has 2 aromatic rings. The van der Waals surface area contributed by atoms with E-state index in [0.717, 1.165) is 11.3 Å². The number of thiazole rings is 1. The van der Waals surface area contributed by atoms with E-state index in [1.807, 2.05) is 0 Å². The highest BCUT2D eigenvalue weighted by Gasteiger charge is 2.21. The number of nitrogens with zero attached hydrogens (tertiary/aromatic N) is 1. The molecule has 1 aromatic heterocycles. The van der Waals surface area contributed by atoms with Gasteiger partial charge in [-0.3, -0.25) is 4.72 Å². The van der Waals surface area contributed by atoms with E-state index in [1.54, 1.807) is 0 Å². The molecule has 0 radical (unpaired) electrons. The van der Waals surface area contributed by atoms with Crippen molar-refractivity contribution >= 4 is 42.2 Å². The van der Waals surface area contributed by atoms with Crippen LogP contribution in [0.2, 0.25) is 0 Å². The summed E-state index contributed by atoms with van der Waals surface area (Å²) in [5, 5.41) is 5.11. The van der Waals surface area contributed by atoms with E-state index >= 15 is 0 Å². The Morgan fingerprint density at radius 2 is 1.71 bits per heavy atom. The molecule has 1 aromatic carbocycles. The molecule has 11 heteroatoms. The number of sulfonamides is 2. The summed E-state index contributed by atoms with van der Waals surface area (Å²) in [6.45, 7) is 1.53. The minimum atomic E-state index is -3.83. The molecular weight excluding hydrogens is 336 g/mol. The van der Waals surface area contributed by atoms with Crippen molar-refractivity contribution in [1.82, 2.24) is 4.98 Å². The van der Waals surface area contributed by atoms with Gasteiger partial charge in [0.2, 0.25) is 10.0 Å². The van der Waals surface area contributed by atoms with Crippen LogP contribution in [0.1, 0.15) is 5.69 Å². The first kappa shape index (κ1) is 15.7. The number of nitrogens with two attached hydrogens (primary N) is 2. The van der Waals surface area contributed by atoms with Crippen LogP contribution in [0.25, 0.3) is 0 Å². The summed E-state index contributed by atoms with van der Waals surface area (Å²) in [5.74, 6) is 0. The Kier molecular flexibility index (Phi) is 3.93. The number of benzene rings is 1. The van der Waals surface area contributed by atoms with Gasteiger partial charge in [-0.05, 0) is 31.2 Å². The largest absolute Gasteiger partial charge is 0.375 e. The summed E-state index contributed by atoms with van der Waals surface area (Å²) in [5.41, 5.74) is 5.97. The Morgan fingerprint density at radius 1 is 1.14 bits per heavy atom. The summed E-state index contributed by atoms with van der Waals surface area (Å²) in [6, 6.07) is 5.02. The molecule has 8 nitrogen and oxygen atoms in total. The van der Waals surface area contributed by atoms with Crippen molar-refractivity contribution in [3.05, 3.63) is 30.0 Å². The fraction of sp³-hybridized carbons (Fsp3) is 0.100. The van der Waals surface area contributed by atoms with Crippen molar-refractivity contribution in [3.63, 3.8) is 0 Å². The number of rotatable bonds is 4. The molecule has 0 amide bonds. The number of aromatic nitrogens is 1. The van der Waals surface area contributed by atoms with Gasteiger partial charge in [-0.1, -0.05) is 11.3 Å². The molecule has 0 saturated carbocycles. The highest BCUT2D eigenvalue weighted by atomic mass is 32.2. The third kappa shape index (κ3) is 3.50. The number of nitrogen functional groups attached to an aromatic ring is 1. The van der Waals surface area contributed by atoms with Gasteiger partial charge < -0.3 is 5.73 Å². The second kappa shape index (κ2) is 5.26. The summed E-state index contributed by atoms with van der Waals surface area (Å²) in [4.78, 5) is 3.74. The highest BCUT2D eigenvalue weighted by molar-refractivity contribution is 7.94. The lowest BCUT2D eigenvalue weighted by Crippen LogP contribution is -2.14. The van der Waals surface area contributed by atoms with Crippen molar-refractivity contribution in [2.24, 2.45) is 5.14 Å². The van der Waals surface area contributed by atoms with Crippen LogP contribution in [0.5, 0.6) is 0 Å². The lowest BCUT2D eigenvalue weighted by molar-refractivity contribution is 0.597. The van der Waals surface area contributed by atoms with Crippen LogP contribution in [0.3, 0.4) is 0 Å². The number of anilines is 2. The smallest absolute Gasteiger partial charge is 0.273 e. The van der Waals surface area contributed by atoms with Crippen molar-refractivity contribution in [3.8, 4) is 0 Å². The van der Waals surface area contributed by atoms with Gasteiger partial charge in [-0.2, -0.15) is 0 Å². The van der Waals surface area contributed by atoms with Crippen molar-refractivity contribution in [1.29, 1.82) is 0 Å². The third-order valence-electron chi connectivity index (χ3n) is 2.45. The van der Waals surface area contributed by atoms with E-state index in [4.69, 9.17) is 10.9 Å². The summed E-state index contributed by atoms with van der Waals surface area (Å²) >= 11 is 0.848. The predicted molar refractivity (Wildman–Crippen MR) is 79.9 cm³/mol. The van der Waals surface area contributed by atoms with Gasteiger partial charge in [0.05, 0.1) is 10.6 Å². The van der Waals surface area contributed by atoms with Crippen LogP contribution in [0.4, 0.5) is 10.8 Å². The van der Waals surface area contributed by atoms with Crippen LogP contribution < -0.4 is 15.6 Å². The van der Waals surface area contributed by atoms with Crippen LogP contribution in [0, 0.1) is 6.92 Å². The second-order valence-corrected chi connectivity index (χ2v) is 8.57. The van der Waals surface area contributed by atoms with Crippen LogP contribution in [-0.2, 0) is 20.0 Å². The Bertz CT molecular complexity index is 870. The van der Waals surface area contributed by atoms with Gasteiger partial charge in [-0.25, -0.2) is 27.0 Å². The second-order valence-electron chi connectivity index (χ2n) is 4.10. The molecule has 0 spiro atoms. The molecular formula is C10H12N4O4S3. The minimum Gasteiger partial charge on any atom is -0.375 e. The van der Waals surface area contributed by atoms with Crippen LogP contribution >= 0.6 is 11.3 Å². The van der Waals surface area contributed by atoms with E-state index in [9.17, 15) is 16.8 Å². The number of aryl methyl sites for hydroxylation is 1. The molecule has 0 unspecified atom stereocenters. The van der Waals surface area contributed by atoms with Gasteiger partial charge in [0, 0.05) is 5.69 Å². The van der Waals surface area contributed by atoms with Gasteiger partial charge in [0.25, 0.3) is 10.0 Å². The minimum absolute atomic E-state index is 0.00974. The number of hydrogen-bond acceptors (Lipinski definition) is 7. The Balaban J connectivity index is 2.31. The molecule has 0 aliphatic carbocycles. The Morgan fingerprint density at radius 3 is 2.14 bits per heavy atom. The maximum absolute atomic E-state index is 12.2. The van der Waals surface area contributed by atoms with E-state index in [1.165, 1.54) is 31.2 Å². The molecule has 0 aliphatic rings. The van der Waals surface area contributed by atoms with Gasteiger partial charge in [0.15, 0.2) is 9.34 Å². The summed E-state index contributed by atoms with van der Waals surface area (Å²) in [7, 11) is -7.65. The molecule has 0 saturated heterocycles. The average molecular weight is 348 g/mol. The first-order valence-electron chi connectivity index (χ1n) is 5.48. The normalized spacial score (nSPS) is 12.3. The molecule has 21 heavy (non-hydrogen) atoms. The maximum Gasteiger partial charge on any atom is 0.273 e. The molecule has 5 N–H and O–H groups in total. The molecule has 2 rings (SSSR count). The van der Waals surface area contributed by atoms with Gasteiger partial charge in [0.1, 0.15) is 0 Å². The summed E-state index contributed by atoms with van der Waals surface area (Å²) in [6.07, 6.45) is 0. The van der Waals surface area contributed by atoms with Crippen LogP contribution in [0.15, 0.2) is 33.4 Å². The van der Waals surface area contributed by atoms with Crippen molar-refractivity contribution < 1.29 is 16.8 Å². The van der Waals surface area contributed by atoms with E-state index in [-0.39, 0.29) is 19.9 Å². The molecule has 0 fully saturated rings. The zero-order chi connectivity index (χ0) is 15.8. The Labute approximate surface area is 125 Å².